The lowest BCUT2D eigenvalue weighted by Crippen LogP contribution is -2.26. The summed E-state index contributed by atoms with van der Waals surface area (Å²) in [6.07, 6.45) is 0.263. The molecule has 0 bridgehead atoms. The molecule has 0 aromatic heterocycles. The van der Waals surface area contributed by atoms with E-state index in [1.807, 2.05) is 0 Å². The molecule has 1 aromatic rings. The van der Waals surface area contributed by atoms with Gasteiger partial charge in [0, 0.05) is 18.2 Å². The van der Waals surface area contributed by atoms with Crippen molar-refractivity contribution in [2.75, 3.05) is 11.4 Å². The highest BCUT2D eigenvalue weighted by Gasteiger charge is 2.30. The number of carbonyl (C=O) groups excluding carboxylic acids is 1. The van der Waals surface area contributed by atoms with Crippen LogP contribution >= 0.6 is 12.6 Å². The number of anilines is 1. The zero-order valence-electron chi connectivity index (χ0n) is 8.76. The molecule has 2 rings (SSSR count). The van der Waals surface area contributed by atoms with E-state index < -0.39 is 11.8 Å². The lowest BCUT2D eigenvalue weighted by molar-refractivity contribution is -0.117. The molecule has 1 aliphatic heterocycles. The molecule has 1 atom stereocenters. The van der Waals surface area contributed by atoms with Crippen LogP contribution in [0.15, 0.2) is 18.2 Å². The summed E-state index contributed by atoms with van der Waals surface area (Å²) in [6, 6.07) is 3.36. The van der Waals surface area contributed by atoms with E-state index >= 15 is 0 Å². The molecule has 1 unspecified atom stereocenters. The Morgan fingerprint density at radius 1 is 1.53 bits per heavy atom. The first kappa shape index (κ1) is 11.9. The second-order valence-electron chi connectivity index (χ2n) is 3.83. The first-order chi connectivity index (χ1) is 7.99. The van der Waals surface area contributed by atoms with Crippen LogP contribution < -0.4 is 4.90 Å². The lowest BCUT2D eigenvalue weighted by atomic mass is 10.1. The van der Waals surface area contributed by atoms with E-state index in [1.54, 1.807) is 0 Å². The van der Waals surface area contributed by atoms with Crippen molar-refractivity contribution in [3.8, 4) is 0 Å². The second-order valence-corrected chi connectivity index (χ2v) is 4.56. The van der Waals surface area contributed by atoms with Crippen molar-refractivity contribution < 1.29 is 19.1 Å². The number of hydrogen-bond acceptors (Lipinski definition) is 3. The van der Waals surface area contributed by atoms with E-state index in [0.717, 1.165) is 12.1 Å². The minimum absolute atomic E-state index is 0.116. The molecule has 1 N–H and O–H groups in total. The predicted molar refractivity (Wildman–Crippen MR) is 63.1 cm³/mol. The number of carboxylic acid groups (broad SMARTS) is 1. The zero-order valence-corrected chi connectivity index (χ0v) is 9.65. The van der Waals surface area contributed by atoms with Crippen LogP contribution in [0.2, 0.25) is 0 Å². The molecule has 1 saturated heterocycles. The van der Waals surface area contributed by atoms with Gasteiger partial charge in [-0.15, -0.1) is 0 Å². The normalized spacial score (nSPS) is 19.8. The van der Waals surface area contributed by atoms with Crippen LogP contribution in [0.1, 0.15) is 16.8 Å². The first-order valence-electron chi connectivity index (χ1n) is 5.00. The molecule has 0 spiro atoms. The Morgan fingerprint density at radius 3 is 2.76 bits per heavy atom. The fraction of sp³-hybridized carbons (Fsp3) is 0.273. The van der Waals surface area contributed by atoms with Gasteiger partial charge in [0.25, 0.3) is 0 Å². The number of benzene rings is 1. The fourth-order valence-electron chi connectivity index (χ4n) is 1.84. The average molecular weight is 255 g/mol. The van der Waals surface area contributed by atoms with Gasteiger partial charge >= 0.3 is 5.97 Å². The molecule has 1 heterocycles. The van der Waals surface area contributed by atoms with Gasteiger partial charge in [0.05, 0.1) is 11.3 Å². The van der Waals surface area contributed by atoms with Gasteiger partial charge < -0.3 is 10.0 Å². The summed E-state index contributed by atoms with van der Waals surface area (Å²) in [5, 5.41) is 8.86. The highest BCUT2D eigenvalue weighted by atomic mass is 32.1. The Morgan fingerprint density at radius 2 is 2.24 bits per heavy atom. The van der Waals surface area contributed by atoms with Crippen LogP contribution in [0.4, 0.5) is 10.1 Å². The van der Waals surface area contributed by atoms with Crippen LogP contribution in [0.5, 0.6) is 0 Å². The first-order valence-corrected chi connectivity index (χ1v) is 5.52. The molecule has 90 valence electrons. The molecule has 1 amide bonds. The van der Waals surface area contributed by atoms with Crippen LogP contribution in [0.25, 0.3) is 0 Å². The Hall–Kier alpha value is -1.56. The minimum Gasteiger partial charge on any atom is -0.478 e. The fourth-order valence-corrected chi connectivity index (χ4v) is 2.16. The zero-order chi connectivity index (χ0) is 12.6. The third-order valence-corrected chi connectivity index (χ3v) is 2.93. The Kier molecular flexibility index (Phi) is 3.06. The summed E-state index contributed by atoms with van der Waals surface area (Å²) >= 11 is 4.18. The number of thiol groups is 1. The minimum atomic E-state index is -1.25. The summed E-state index contributed by atoms with van der Waals surface area (Å²) in [4.78, 5) is 24.0. The molecule has 0 radical (unpaired) electrons. The number of halogens is 1. The van der Waals surface area contributed by atoms with E-state index in [2.05, 4.69) is 12.6 Å². The maximum absolute atomic E-state index is 13.0. The van der Waals surface area contributed by atoms with E-state index in [4.69, 9.17) is 5.11 Å². The average Bonchev–Trinajstić information content (AvgIpc) is 2.57. The van der Waals surface area contributed by atoms with Crippen LogP contribution in [-0.2, 0) is 4.79 Å². The van der Waals surface area contributed by atoms with Gasteiger partial charge in [0.2, 0.25) is 5.91 Å². The lowest BCUT2D eigenvalue weighted by Gasteiger charge is -2.18. The van der Waals surface area contributed by atoms with Gasteiger partial charge in [-0.3, -0.25) is 4.79 Å². The smallest absolute Gasteiger partial charge is 0.337 e. The molecule has 17 heavy (non-hydrogen) atoms. The van der Waals surface area contributed by atoms with E-state index in [9.17, 15) is 14.0 Å². The van der Waals surface area contributed by atoms with Crippen molar-refractivity contribution in [3.63, 3.8) is 0 Å². The summed E-state index contributed by atoms with van der Waals surface area (Å²) in [6.45, 7) is 0.341. The molecular formula is C11H10FNO3S. The highest BCUT2D eigenvalue weighted by Crippen LogP contribution is 2.28. The third-order valence-electron chi connectivity index (χ3n) is 2.58. The Balaban J connectivity index is 2.45. The largest absolute Gasteiger partial charge is 0.478 e. The summed E-state index contributed by atoms with van der Waals surface area (Å²) in [5.74, 6) is -2.09. The van der Waals surface area contributed by atoms with Gasteiger partial charge in [-0.1, -0.05) is 0 Å². The van der Waals surface area contributed by atoms with Crippen molar-refractivity contribution in [1.29, 1.82) is 0 Å². The standard InChI is InChI=1S/C11H10FNO3S/c12-6-1-2-9(8(3-6)11(15)16)13-5-7(17)4-10(13)14/h1-3,7,17H,4-5H2,(H,15,16). The number of carbonyl (C=O) groups is 2. The topological polar surface area (TPSA) is 57.6 Å². The van der Waals surface area contributed by atoms with E-state index in [0.29, 0.717) is 6.54 Å². The van der Waals surface area contributed by atoms with Gasteiger partial charge in [0.1, 0.15) is 5.82 Å². The number of nitrogens with zero attached hydrogens (tertiary/aromatic N) is 1. The Labute approximate surface area is 102 Å². The number of amides is 1. The van der Waals surface area contributed by atoms with Gasteiger partial charge in [-0.05, 0) is 18.2 Å². The predicted octanol–water partition coefficient (Wildman–Crippen LogP) is 1.56. The number of carboxylic acids is 1. The highest BCUT2D eigenvalue weighted by molar-refractivity contribution is 7.81. The van der Waals surface area contributed by atoms with Crippen molar-refractivity contribution in [3.05, 3.63) is 29.6 Å². The number of hydrogen-bond donors (Lipinski definition) is 2. The number of rotatable bonds is 2. The van der Waals surface area contributed by atoms with E-state index in [-0.39, 0.29) is 28.8 Å². The quantitative estimate of drug-likeness (QED) is 0.788. The summed E-state index contributed by atoms with van der Waals surface area (Å²) < 4.78 is 13.0. The van der Waals surface area contributed by atoms with Crippen LogP contribution in [0.3, 0.4) is 0 Å². The molecule has 1 aromatic carbocycles. The molecule has 6 heteroatoms. The summed E-state index contributed by atoms with van der Waals surface area (Å²) in [5.41, 5.74) is 0.0150. The summed E-state index contributed by atoms with van der Waals surface area (Å²) in [7, 11) is 0. The molecule has 1 aliphatic rings. The maximum Gasteiger partial charge on any atom is 0.337 e. The van der Waals surface area contributed by atoms with E-state index in [1.165, 1.54) is 11.0 Å². The molecule has 0 saturated carbocycles. The van der Waals surface area contributed by atoms with Crippen molar-refractivity contribution >= 4 is 30.2 Å². The number of aromatic carboxylic acids is 1. The molecule has 0 aliphatic carbocycles. The van der Waals surface area contributed by atoms with Gasteiger partial charge in [-0.25, -0.2) is 9.18 Å². The van der Waals surface area contributed by atoms with Gasteiger partial charge in [0.15, 0.2) is 0 Å². The van der Waals surface area contributed by atoms with Crippen LogP contribution in [-0.4, -0.2) is 28.8 Å². The van der Waals surface area contributed by atoms with Crippen LogP contribution in [0, 0.1) is 5.82 Å². The molecule has 4 nitrogen and oxygen atoms in total. The van der Waals surface area contributed by atoms with Crippen molar-refractivity contribution in [2.24, 2.45) is 0 Å². The second kappa shape index (κ2) is 4.37. The monoisotopic (exact) mass is 255 g/mol. The third kappa shape index (κ3) is 2.26. The van der Waals surface area contributed by atoms with Crippen molar-refractivity contribution in [2.45, 2.75) is 11.7 Å². The SMILES string of the molecule is O=C(O)c1cc(F)ccc1N1CC(S)CC1=O. The van der Waals surface area contributed by atoms with Gasteiger partial charge in [-0.2, -0.15) is 12.6 Å². The molecule has 1 fully saturated rings. The molecular weight excluding hydrogens is 245 g/mol. The maximum atomic E-state index is 13.0. The van der Waals surface area contributed by atoms with Crippen molar-refractivity contribution in [1.82, 2.24) is 0 Å². The Bertz CT molecular complexity index is 492.